The number of alkyl halides is 3. The molecule has 0 radical (unpaired) electrons. The van der Waals surface area contributed by atoms with E-state index in [-0.39, 0.29) is 30.0 Å². The second kappa shape index (κ2) is 14.0. The van der Waals surface area contributed by atoms with E-state index in [0.717, 1.165) is 4.90 Å². The number of amides is 4. The molecular weight excluding hydrogens is 834 g/mol. The molecule has 6 aromatic rings. The van der Waals surface area contributed by atoms with Gasteiger partial charge < -0.3 is 9.52 Å². The first-order valence-electron chi connectivity index (χ1n) is 19.2. The molecule has 16 heteroatoms. The first-order valence-corrected chi connectivity index (χ1v) is 20.0. The van der Waals surface area contributed by atoms with E-state index in [1.54, 1.807) is 72.8 Å². The highest BCUT2D eigenvalue weighted by Crippen LogP contribution is 2.65. The van der Waals surface area contributed by atoms with Crippen LogP contribution in [0.5, 0.6) is 5.75 Å². The highest BCUT2D eigenvalue weighted by atomic mass is 35.5. The van der Waals surface area contributed by atoms with Gasteiger partial charge in [-0.05, 0) is 85.0 Å². The van der Waals surface area contributed by atoms with Gasteiger partial charge in [-0.15, -0.1) is 0 Å². The van der Waals surface area contributed by atoms with Gasteiger partial charge in [-0.3, -0.25) is 29.5 Å². The van der Waals surface area contributed by atoms with Crippen LogP contribution in [0.1, 0.15) is 35.4 Å². The van der Waals surface area contributed by atoms with Crippen molar-refractivity contribution in [3.8, 4) is 17.2 Å². The highest BCUT2D eigenvalue weighted by molar-refractivity contribution is 6.33. The van der Waals surface area contributed by atoms with Crippen molar-refractivity contribution >= 4 is 69.4 Å². The van der Waals surface area contributed by atoms with Gasteiger partial charge in [0.25, 0.3) is 11.8 Å². The smallest absolute Gasteiger partial charge is 0.417 e. The van der Waals surface area contributed by atoms with Crippen LogP contribution in [0.2, 0.25) is 10.0 Å². The number of halogens is 5. The van der Waals surface area contributed by atoms with E-state index in [1.807, 2.05) is 24.3 Å². The summed E-state index contributed by atoms with van der Waals surface area (Å²) in [5.41, 5.74) is 3.15. The number of hydrogen-bond donors (Lipinski definition) is 2. The largest absolute Gasteiger partial charge is 0.508 e. The van der Waals surface area contributed by atoms with Crippen LogP contribution >= 0.6 is 23.2 Å². The molecule has 0 unspecified atom stereocenters. The Hall–Kier alpha value is -6.51. The SMILES string of the molecule is O=C1[C@@H]2C[C@@H]3C(=CC[C@@H]4C(=O)N(c5ccc(-c6nc7ccccc7o6)cc5)C(=O)[C@@H]43)[C@H](c3ccccc3O)[C@]2(c2ccc(Cl)cc2)C(=O)N1Nc1ncc(C(F)(F)F)cc1Cl. The summed E-state index contributed by atoms with van der Waals surface area (Å²) in [7, 11) is 0. The van der Waals surface area contributed by atoms with Crippen LogP contribution in [0.3, 0.4) is 0 Å². The van der Waals surface area contributed by atoms with Crippen molar-refractivity contribution in [2.24, 2.45) is 23.7 Å². The van der Waals surface area contributed by atoms with Gasteiger partial charge in [0.05, 0.1) is 39.4 Å². The number of para-hydroxylation sites is 3. The number of anilines is 2. The van der Waals surface area contributed by atoms with Crippen molar-refractivity contribution in [3.63, 3.8) is 0 Å². The molecule has 6 atom stereocenters. The summed E-state index contributed by atoms with van der Waals surface area (Å²) in [4.78, 5) is 68.8. The molecule has 11 nitrogen and oxygen atoms in total. The van der Waals surface area contributed by atoms with Crippen molar-refractivity contribution < 1.29 is 41.9 Å². The minimum Gasteiger partial charge on any atom is -0.508 e. The zero-order chi connectivity index (χ0) is 42.5. The Morgan fingerprint density at radius 1 is 0.852 bits per heavy atom. The molecule has 0 spiro atoms. The number of nitrogens with zero attached hydrogens (tertiary/aromatic N) is 4. The normalized spacial score (nSPS) is 24.8. The fraction of sp³-hybridized carbons (Fsp3) is 0.200. The Labute approximate surface area is 354 Å². The number of pyridine rings is 1. The number of nitrogens with one attached hydrogen (secondary N) is 1. The van der Waals surface area contributed by atoms with Gasteiger partial charge in [-0.2, -0.15) is 18.2 Å². The van der Waals surface area contributed by atoms with Crippen LogP contribution in [-0.4, -0.2) is 43.7 Å². The average molecular weight is 865 g/mol. The third-order valence-electron chi connectivity index (χ3n) is 12.5. The molecule has 4 aliphatic rings. The molecule has 2 N–H and O–H groups in total. The molecule has 4 amide bonds. The molecular formula is C45H30Cl2F3N5O6. The van der Waals surface area contributed by atoms with Gasteiger partial charge in [0.2, 0.25) is 17.7 Å². The average Bonchev–Trinajstić information content (AvgIpc) is 3.86. The lowest BCUT2D eigenvalue weighted by Gasteiger charge is -2.50. The Balaban J connectivity index is 1.07. The van der Waals surface area contributed by atoms with Crippen LogP contribution in [0, 0.1) is 23.7 Å². The van der Waals surface area contributed by atoms with Crippen LogP contribution in [0.25, 0.3) is 22.6 Å². The standard InChI is InChI=1S/C45H30Cl2F3N5O6/c46-25-13-11-23(12-14-25)44-31(41(58)55(43(44)60)53-38-32(47)19-24(21-51-38)45(48,49)50)20-30-27(37(44)28-5-1-3-7-34(28)56)17-18-29-36(30)42(59)54(40(29)57)26-15-9-22(10-16-26)39-52-33-6-2-4-8-35(33)61-39/h1-17,19,21,29-31,36-37,56H,18,20H2,(H,51,53)/t29-,30+,31-,36-,37+,44+/m0/s1. The Morgan fingerprint density at radius 2 is 1.57 bits per heavy atom. The molecule has 2 aromatic heterocycles. The molecule has 10 rings (SSSR count). The lowest BCUT2D eigenvalue weighted by atomic mass is 9.49. The zero-order valence-electron chi connectivity index (χ0n) is 31.4. The van der Waals surface area contributed by atoms with Crippen LogP contribution < -0.4 is 10.3 Å². The molecule has 2 aliphatic carbocycles. The van der Waals surface area contributed by atoms with E-state index in [4.69, 9.17) is 27.6 Å². The van der Waals surface area contributed by atoms with Crippen LogP contribution in [0.15, 0.2) is 125 Å². The zero-order valence-corrected chi connectivity index (χ0v) is 32.9. The maximum absolute atomic E-state index is 15.3. The number of imide groups is 2. The van der Waals surface area contributed by atoms with E-state index in [1.165, 1.54) is 6.07 Å². The summed E-state index contributed by atoms with van der Waals surface area (Å²) in [6.07, 6.45) is -2.35. The van der Waals surface area contributed by atoms with E-state index >= 15 is 4.79 Å². The molecule has 61 heavy (non-hydrogen) atoms. The molecule has 0 bridgehead atoms. The van der Waals surface area contributed by atoms with Gasteiger partial charge in [0, 0.05) is 28.3 Å². The first kappa shape index (κ1) is 38.7. The first-order chi connectivity index (χ1) is 29.3. The third kappa shape index (κ3) is 5.87. The van der Waals surface area contributed by atoms with Gasteiger partial charge in [0.1, 0.15) is 11.3 Å². The van der Waals surface area contributed by atoms with Crippen molar-refractivity contribution in [2.45, 2.75) is 30.4 Å². The monoisotopic (exact) mass is 863 g/mol. The van der Waals surface area contributed by atoms with E-state index in [9.17, 15) is 32.7 Å². The fourth-order valence-electron chi connectivity index (χ4n) is 9.86. The number of aromatic hydroxyl groups is 1. The topological polar surface area (TPSA) is 146 Å². The molecule has 2 saturated heterocycles. The van der Waals surface area contributed by atoms with Gasteiger partial charge in [-0.25, -0.2) is 9.97 Å². The molecule has 4 heterocycles. The second-order valence-corrected chi connectivity index (χ2v) is 16.4. The lowest BCUT2D eigenvalue weighted by Crippen LogP contribution is -2.53. The number of rotatable bonds is 6. The van der Waals surface area contributed by atoms with Crippen molar-refractivity contribution in [1.82, 2.24) is 15.0 Å². The van der Waals surface area contributed by atoms with E-state index in [2.05, 4.69) is 15.4 Å². The third-order valence-corrected chi connectivity index (χ3v) is 13.0. The number of hydrogen-bond acceptors (Lipinski definition) is 9. The van der Waals surface area contributed by atoms with Crippen molar-refractivity contribution in [2.75, 3.05) is 10.3 Å². The number of allylic oxidation sites excluding steroid dienone is 2. The number of hydrazine groups is 1. The predicted octanol–water partition coefficient (Wildman–Crippen LogP) is 9.11. The molecule has 1 saturated carbocycles. The summed E-state index contributed by atoms with van der Waals surface area (Å²) in [5.74, 6) is -7.51. The van der Waals surface area contributed by atoms with Crippen molar-refractivity contribution in [3.05, 3.63) is 148 Å². The van der Waals surface area contributed by atoms with E-state index in [0.29, 0.717) is 61.7 Å². The summed E-state index contributed by atoms with van der Waals surface area (Å²) in [6.45, 7) is 0. The quantitative estimate of drug-likeness (QED) is 0.124. The molecule has 306 valence electrons. The number of benzene rings is 4. The number of fused-ring (bicyclic) bond motifs is 5. The predicted molar refractivity (Wildman–Crippen MR) is 217 cm³/mol. The number of phenolic OH excluding ortho intramolecular Hbond substituents is 1. The highest BCUT2D eigenvalue weighted by Gasteiger charge is 2.70. The number of oxazole rings is 1. The number of phenols is 1. The van der Waals surface area contributed by atoms with Gasteiger partial charge in [0.15, 0.2) is 11.4 Å². The van der Waals surface area contributed by atoms with Gasteiger partial charge in [-0.1, -0.05) is 77.3 Å². The number of carbonyl (C=O) groups is 4. The molecule has 3 fully saturated rings. The Morgan fingerprint density at radius 3 is 2.28 bits per heavy atom. The molecule has 2 aliphatic heterocycles. The van der Waals surface area contributed by atoms with E-state index < -0.39 is 75.4 Å². The summed E-state index contributed by atoms with van der Waals surface area (Å²) in [5, 5.41) is 12.1. The Bertz CT molecular complexity index is 2830. The second-order valence-electron chi connectivity index (χ2n) is 15.5. The molecule has 4 aromatic carbocycles. The number of aromatic nitrogens is 2. The fourth-order valence-corrected chi connectivity index (χ4v) is 10.2. The van der Waals surface area contributed by atoms with Crippen LogP contribution in [0.4, 0.5) is 24.7 Å². The van der Waals surface area contributed by atoms with Crippen LogP contribution in [-0.2, 0) is 30.8 Å². The maximum atomic E-state index is 15.3. The maximum Gasteiger partial charge on any atom is 0.417 e. The minimum absolute atomic E-state index is 0.0832. The summed E-state index contributed by atoms with van der Waals surface area (Å²) < 4.78 is 46.5. The Kier molecular flexibility index (Phi) is 8.90. The van der Waals surface area contributed by atoms with Crippen molar-refractivity contribution in [1.29, 1.82) is 0 Å². The minimum atomic E-state index is -4.76. The summed E-state index contributed by atoms with van der Waals surface area (Å²) in [6, 6.07) is 27.4. The lowest BCUT2D eigenvalue weighted by molar-refractivity contribution is -0.139. The number of carbonyl (C=O) groups excluding carboxylic acids is 4. The summed E-state index contributed by atoms with van der Waals surface area (Å²) >= 11 is 12.6. The van der Waals surface area contributed by atoms with Gasteiger partial charge >= 0.3 is 6.18 Å².